The molecule has 2 fully saturated rings. The molecule has 0 aromatic carbocycles. The summed E-state index contributed by atoms with van der Waals surface area (Å²) in [4.78, 5) is 21.3. The highest BCUT2D eigenvalue weighted by Crippen LogP contribution is 2.40. The second-order valence-corrected chi connectivity index (χ2v) is 9.45. The molecule has 0 atom stereocenters. The van der Waals surface area contributed by atoms with Gasteiger partial charge in [-0.15, -0.1) is 0 Å². The number of imidazole rings is 1. The Hall–Kier alpha value is -1.41. The second kappa shape index (κ2) is 7.45. The Morgan fingerprint density at radius 2 is 2.04 bits per heavy atom. The van der Waals surface area contributed by atoms with E-state index in [9.17, 15) is 13.2 Å². The van der Waals surface area contributed by atoms with Crippen LogP contribution in [0.25, 0.3) is 0 Å². The minimum Gasteiger partial charge on any atom is -0.348 e. The number of amides is 1. The molecule has 1 aromatic heterocycles. The second-order valence-electron chi connectivity index (χ2n) is 7.36. The molecular weight excluding hydrogens is 340 g/mol. The van der Waals surface area contributed by atoms with Crippen molar-refractivity contribution in [3.63, 3.8) is 0 Å². The molecule has 3 rings (SSSR count). The molecule has 3 heterocycles. The van der Waals surface area contributed by atoms with E-state index in [1.165, 1.54) is 0 Å². The average Bonchev–Trinajstić information content (AvgIpc) is 3.10. The van der Waals surface area contributed by atoms with Crippen molar-refractivity contribution in [2.45, 2.75) is 45.4 Å². The van der Waals surface area contributed by atoms with Crippen LogP contribution in [-0.2, 0) is 21.2 Å². The SMILES string of the molecule is CCCS(=O)(=O)N1CCC2(CCC(=O)N(CCc3cnc[nH]3)C2)CC1. The largest absolute Gasteiger partial charge is 0.348 e. The van der Waals surface area contributed by atoms with Crippen molar-refractivity contribution in [2.75, 3.05) is 31.9 Å². The number of aromatic amines is 1. The molecule has 7 nitrogen and oxygen atoms in total. The van der Waals surface area contributed by atoms with Crippen LogP contribution in [0.15, 0.2) is 12.5 Å². The maximum Gasteiger partial charge on any atom is 0.222 e. The van der Waals surface area contributed by atoms with Crippen molar-refractivity contribution in [2.24, 2.45) is 5.41 Å². The molecule has 2 aliphatic heterocycles. The van der Waals surface area contributed by atoms with E-state index in [-0.39, 0.29) is 17.1 Å². The van der Waals surface area contributed by atoms with Gasteiger partial charge in [0, 0.05) is 50.9 Å². The van der Waals surface area contributed by atoms with Crippen molar-refractivity contribution < 1.29 is 13.2 Å². The van der Waals surface area contributed by atoms with Gasteiger partial charge in [0.15, 0.2) is 0 Å². The minimum atomic E-state index is -3.11. The van der Waals surface area contributed by atoms with Crippen molar-refractivity contribution >= 4 is 15.9 Å². The Morgan fingerprint density at radius 3 is 2.68 bits per heavy atom. The third-order valence-electron chi connectivity index (χ3n) is 5.59. The number of hydrogen-bond acceptors (Lipinski definition) is 4. The summed E-state index contributed by atoms with van der Waals surface area (Å²) in [5.74, 6) is 0.445. The average molecular weight is 369 g/mol. The maximum absolute atomic E-state index is 12.3. The predicted octanol–water partition coefficient (Wildman–Crippen LogP) is 1.40. The van der Waals surface area contributed by atoms with Gasteiger partial charge in [-0.2, -0.15) is 0 Å². The molecule has 1 amide bonds. The Morgan fingerprint density at radius 1 is 1.28 bits per heavy atom. The third kappa shape index (κ3) is 4.23. The Kier molecular flexibility index (Phi) is 5.48. The monoisotopic (exact) mass is 368 g/mol. The molecule has 0 aliphatic carbocycles. The number of piperidine rings is 2. The van der Waals surface area contributed by atoms with Gasteiger partial charge in [0.1, 0.15) is 0 Å². The van der Waals surface area contributed by atoms with Crippen molar-refractivity contribution in [1.29, 1.82) is 0 Å². The van der Waals surface area contributed by atoms with E-state index in [1.54, 1.807) is 16.8 Å². The van der Waals surface area contributed by atoms with Gasteiger partial charge in [-0.1, -0.05) is 6.92 Å². The van der Waals surface area contributed by atoms with Crippen LogP contribution in [0.5, 0.6) is 0 Å². The number of likely N-dealkylation sites (tertiary alicyclic amines) is 1. The van der Waals surface area contributed by atoms with Crippen LogP contribution in [0.2, 0.25) is 0 Å². The molecule has 0 radical (unpaired) electrons. The van der Waals surface area contributed by atoms with Crippen LogP contribution >= 0.6 is 0 Å². The lowest BCUT2D eigenvalue weighted by Gasteiger charge is -2.47. The number of carbonyl (C=O) groups excluding carboxylic acids is 1. The zero-order valence-corrected chi connectivity index (χ0v) is 15.7. The summed E-state index contributed by atoms with van der Waals surface area (Å²) in [7, 11) is -3.11. The molecular formula is C17H28N4O3S. The number of H-pyrrole nitrogens is 1. The lowest BCUT2D eigenvalue weighted by atomic mass is 9.72. The van der Waals surface area contributed by atoms with Gasteiger partial charge in [-0.25, -0.2) is 17.7 Å². The van der Waals surface area contributed by atoms with E-state index in [0.717, 1.165) is 37.9 Å². The van der Waals surface area contributed by atoms with E-state index in [0.29, 0.717) is 32.5 Å². The zero-order valence-electron chi connectivity index (χ0n) is 14.9. The molecule has 0 bridgehead atoms. The third-order valence-corrected chi connectivity index (χ3v) is 7.67. The lowest BCUT2D eigenvalue weighted by molar-refractivity contribution is -0.138. The van der Waals surface area contributed by atoms with Crippen molar-refractivity contribution in [1.82, 2.24) is 19.2 Å². The van der Waals surface area contributed by atoms with Crippen LogP contribution in [0.3, 0.4) is 0 Å². The number of aromatic nitrogens is 2. The summed E-state index contributed by atoms with van der Waals surface area (Å²) >= 11 is 0. The van der Waals surface area contributed by atoms with E-state index in [4.69, 9.17) is 0 Å². The fourth-order valence-electron chi connectivity index (χ4n) is 4.02. The maximum atomic E-state index is 12.3. The van der Waals surface area contributed by atoms with E-state index in [1.807, 2.05) is 11.8 Å². The normalized spacial score (nSPS) is 21.8. The van der Waals surface area contributed by atoms with E-state index < -0.39 is 10.0 Å². The Balaban J connectivity index is 1.58. The summed E-state index contributed by atoms with van der Waals surface area (Å²) in [6, 6.07) is 0. The number of sulfonamides is 1. The highest BCUT2D eigenvalue weighted by molar-refractivity contribution is 7.89. The molecule has 1 N–H and O–H groups in total. The lowest BCUT2D eigenvalue weighted by Crippen LogP contribution is -2.52. The minimum absolute atomic E-state index is 0.0835. The van der Waals surface area contributed by atoms with Gasteiger partial charge < -0.3 is 9.88 Å². The molecule has 0 saturated carbocycles. The number of nitrogens with zero attached hydrogens (tertiary/aromatic N) is 3. The molecule has 2 aliphatic rings. The first kappa shape index (κ1) is 18.4. The molecule has 25 heavy (non-hydrogen) atoms. The summed E-state index contributed by atoms with van der Waals surface area (Å²) < 4.78 is 26.2. The van der Waals surface area contributed by atoms with Gasteiger partial charge >= 0.3 is 0 Å². The van der Waals surface area contributed by atoms with Gasteiger partial charge in [0.2, 0.25) is 15.9 Å². The molecule has 1 aromatic rings. The molecule has 0 unspecified atom stereocenters. The number of carbonyl (C=O) groups is 1. The first-order valence-electron chi connectivity index (χ1n) is 9.17. The van der Waals surface area contributed by atoms with Crippen molar-refractivity contribution in [3.05, 3.63) is 18.2 Å². The summed E-state index contributed by atoms with van der Waals surface area (Å²) in [5.41, 5.74) is 1.12. The standard InChI is InChI=1S/C17H28N4O3S/c1-2-11-25(23,24)21-9-6-17(7-10-21)5-3-16(22)20(13-17)8-4-15-12-18-14-19-15/h12,14H,2-11,13H2,1H3,(H,18,19). The molecule has 140 valence electrons. The molecule has 1 spiro atoms. The van der Waals surface area contributed by atoms with Gasteiger partial charge in [-0.05, 0) is 31.1 Å². The van der Waals surface area contributed by atoms with Gasteiger partial charge in [0.25, 0.3) is 0 Å². The Bertz CT molecular complexity index is 679. The Labute approximate surface area is 149 Å². The quantitative estimate of drug-likeness (QED) is 0.822. The van der Waals surface area contributed by atoms with Gasteiger partial charge in [-0.3, -0.25) is 4.79 Å². The summed E-state index contributed by atoms with van der Waals surface area (Å²) in [6.07, 6.45) is 8.04. The van der Waals surface area contributed by atoms with Crippen LogP contribution in [-0.4, -0.2) is 65.4 Å². The summed E-state index contributed by atoms with van der Waals surface area (Å²) in [5, 5.41) is 0. The fourth-order valence-corrected chi connectivity index (χ4v) is 5.53. The summed E-state index contributed by atoms with van der Waals surface area (Å²) in [6.45, 7) is 4.52. The van der Waals surface area contributed by atoms with E-state index in [2.05, 4.69) is 9.97 Å². The van der Waals surface area contributed by atoms with Gasteiger partial charge in [0.05, 0.1) is 12.1 Å². The van der Waals surface area contributed by atoms with Crippen LogP contribution in [0, 0.1) is 5.41 Å². The molecule has 2 saturated heterocycles. The first-order chi connectivity index (χ1) is 11.9. The highest BCUT2D eigenvalue weighted by atomic mass is 32.2. The number of nitrogens with one attached hydrogen (secondary N) is 1. The first-order valence-corrected chi connectivity index (χ1v) is 10.8. The highest BCUT2D eigenvalue weighted by Gasteiger charge is 2.42. The van der Waals surface area contributed by atoms with Crippen molar-refractivity contribution in [3.8, 4) is 0 Å². The zero-order chi connectivity index (χ0) is 17.9. The van der Waals surface area contributed by atoms with Crippen LogP contribution in [0.1, 0.15) is 44.7 Å². The smallest absolute Gasteiger partial charge is 0.222 e. The number of rotatable bonds is 6. The van der Waals surface area contributed by atoms with Crippen LogP contribution in [0.4, 0.5) is 0 Å². The van der Waals surface area contributed by atoms with Crippen LogP contribution < -0.4 is 0 Å². The topological polar surface area (TPSA) is 86.4 Å². The molecule has 8 heteroatoms. The predicted molar refractivity (Wildman–Crippen MR) is 95.4 cm³/mol. The fraction of sp³-hybridized carbons (Fsp3) is 0.765. The number of hydrogen-bond donors (Lipinski definition) is 1. The van der Waals surface area contributed by atoms with E-state index >= 15 is 0 Å².